The van der Waals surface area contributed by atoms with Crippen molar-refractivity contribution in [3.63, 3.8) is 0 Å². The molecule has 0 radical (unpaired) electrons. The van der Waals surface area contributed by atoms with Gasteiger partial charge in [-0.1, -0.05) is 54.6 Å². The third-order valence-electron chi connectivity index (χ3n) is 6.18. The third-order valence-corrected chi connectivity index (χ3v) is 6.18. The summed E-state index contributed by atoms with van der Waals surface area (Å²) in [5.74, 6) is -1.16. The lowest BCUT2D eigenvalue weighted by molar-refractivity contribution is -0.137. The molecule has 4 rings (SSSR count). The van der Waals surface area contributed by atoms with Crippen LogP contribution >= 0.6 is 0 Å². The highest BCUT2D eigenvalue weighted by Gasteiger charge is 2.29. The van der Waals surface area contributed by atoms with E-state index in [2.05, 4.69) is 34.9 Å². The Balaban J connectivity index is 1.36. The number of hydrogen-bond acceptors (Lipinski definition) is 4. The number of amides is 2. The smallest absolute Gasteiger partial charge is 0.411 e. The van der Waals surface area contributed by atoms with E-state index in [0.717, 1.165) is 27.8 Å². The zero-order chi connectivity index (χ0) is 24.8. The zero-order valence-corrected chi connectivity index (χ0v) is 19.5. The highest BCUT2D eigenvalue weighted by molar-refractivity contribution is 5.96. The maximum atomic E-state index is 12.6. The second kappa shape index (κ2) is 10.9. The summed E-state index contributed by atoms with van der Waals surface area (Å²) < 4.78 is 5.61. The first-order chi connectivity index (χ1) is 16.9. The third kappa shape index (κ3) is 5.69. The number of benzene rings is 3. The number of aryl methyl sites for hydroxylation is 1. The minimum Gasteiger partial charge on any atom is -0.481 e. The maximum absolute atomic E-state index is 12.6. The van der Waals surface area contributed by atoms with Gasteiger partial charge < -0.3 is 15.2 Å². The van der Waals surface area contributed by atoms with E-state index in [1.165, 1.54) is 0 Å². The Bertz CT molecular complexity index is 1210. The molecule has 180 valence electrons. The Labute approximate surface area is 204 Å². The molecule has 7 heteroatoms. The van der Waals surface area contributed by atoms with Gasteiger partial charge >= 0.3 is 12.1 Å². The van der Waals surface area contributed by atoms with Crippen molar-refractivity contribution >= 4 is 23.7 Å². The quantitative estimate of drug-likeness (QED) is 0.365. The molecule has 2 amide bonds. The van der Waals surface area contributed by atoms with Crippen LogP contribution in [-0.4, -0.2) is 36.2 Å². The summed E-state index contributed by atoms with van der Waals surface area (Å²) >= 11 is 0. The number of fused-ring (bicyclic) bond motifs is 3. The molecule has 3 aromatic rings. The molecule has 1 aliphatic rings. The van der Waals surface area contributed by atoms with E-state index in [1.807, 2.05) is 31.2 Å². The van der Waals surface area contributed by atoms with Gasteiger partial charge in [-0.05, 0) is 59.7 Å². The summed E-state index contributed by atoms with van der Waals surface area (Å²) in [5, 5.41) is 14.2. The predicted molar refractivity (Wildman–Crippen MR) is 134 cm³/mol. The molecular weight excluding hydrogens is 444 g/mol. The minimum atomic E-state index is -0.848. The van der Waals surface area contributed by atoms with E-state index < -0.39 is 12.1 Å². The van der Waals surface area contributed by atoms with Crippen molar-refractivity contribution in [3.8, 4) is 11.1 Å². The molecule has 0 fully saturated rings. The van der Waals surface area contributed by atoms with Crippen LogP contribution in [0.1, 0.15) is 52.2 Å². The van der Waals surface area contributed by atoms with Crippen molar-refractivity contribution in [1.29, 1.82) is 0 Å². The Hall–Kier alpha value is -4.13. The zero-order valence-electron chi connectivity index (χ0n) is 19.5. The number of carbonyl (C=O) groups excluding carboxylic acids is 2. The lowest BCUT2D eigenvalue weighted by atomic mass is 9.98. The molecule has 0 heterocycles. The average Bonchev–Trinajstić information content (AvgIpc) is 3.17. The van der Waals surface area contributed by atoms with E-state index in [4.69, 9.17) is 9.84 Å². The van der Waals surface area contributed by atoms with Crippen LogP contribution in [0.3, 0.4) is 0 Å². The van der Waals surface area contributed by atoms with Crippen LogP contribution in [0.4, 0.5) is 10.5 Å². The van der Waals surface area contributed by atoms with Crippen LogP contribution in [0.15, 0.2) is 66.7 Å². The number of hydrogen-bond donors (Lipinski definition) is 3. The Morgan fingerprint density at radius 1 is 0.914 bits per heavy atom. The standard InChI is InChI=1S/C28H28N2O5/c1-18-13-14-19(27(33)29-15-7-6-12-26(31)32)16-25(18)30-28(34)35-17-24-22-10-4-2-8-20(22)21-9-3-5-11-23(21)24/h2-5,8-11,13-14,16,24H,6-7,12,15,17H2,1H3,(H,29,33)(H,30,34)(H,31,32). The van der Waals surface area contributed by atoms with Crippen molar-refractivity contribution in [2.45, 2.75) is 32.1 Å². The molecule has 0 unspecified atom stereocenters. The van der Waals surface area contributed by atoms with Crippen LogP contribution in [0, 0.1) is 6.92 Å². The topological polar surface area (TPSA) is 105 Å². The molecule has 0 bridgehead atoms. The van der Waals surface area contributed by atoms with Crippen LogP contribution in [0.5, 0.6) is 0 Å². The molecule has 0 aromatic heterocycles. The van der Waals surface area contributed by atoms with E-state index in [-0.39, 0.29) is 24.9 Å². The molecule has 1 aliphatic carbocycles. The maximum Gasteiger partial charge on any atom is 0.411 e. The SMILES string of the molecule is Cc1ccc(C(=O)NCCCCC(=O)O)cc1NC(=O)OCC1c2ccccc2-c2ccccc21. The van der Waals surface area contributed by atoms with E-state index in [1.54, 1.807) is 18.2 Å². The Kier molecular flexibility index (Phi) is 7.45. The highest BCUT2D eigenvalue weighted by Crippen LogP contribution is 2.44. The van der Waals surface area contributed by atoms with Gasteiger partial charge in [0, 0.05) is 30.1 Å². The fraction of sp³-hybridized carbons (Fsp3) is 0.250. The van der Waals surface area contributed by atoms with E-state index in [0.29, 0.717) is 30.6 Å². The lowest BCUT2D eigenvalue weighted by Crippen LogP contribution is -2.25. The molecular formula is C28H28N2O5. The molecule has 0 aliphatic heterocycles. The minimum absolute atomic E-state index is 0.0347. The number of carboxylic acid groups (broad SMARTS) is 1. The molecule has 3 N–H and O–H groups in total. The molecule has 0 saturated heterocycles. The number of unbranched alkanes of at least 4 members (excludes halogenated alkanes) is 1. The van der Waals surface area contributed by atoms with Crippen molar-refractivity contribution < 1.29 is 24.2 Å². The van der Waals surface area contributed by atoms with Gasteiger partial charge in [0.1, 0.15) is 6.61 Å². The van der Waals surface area contributed by atoms with Crippen molar-refractivity contribution in [1.82, 2.24) is 5.32 Å². The summed E-state index contributed by atoms with van der Waals surface area (Å²) in [4.78, 5) is 35.7. The number of carboxylic acids is 1. The second-order valence-corrected chi connectivity index (χ2v) is 8.59. The second-order valence-electron chi connectivity index (χ2n) is 8.59. The van der Waals surface area contributed by atoms with Gasteiger partial charge in [-0.15, -0.1) is 0 Å². The number of nitrogens with one attached hydrogen (secondary N) is 2. The predicted octanol–water partition coefficient (Wildman–Crippen LogP) is 5.34. The monoisotopic (exact) mass is 472 g/mol. The number of ether oxygens (including phenoxy) is 1. The molecule has 3 aromatic carbocycles. The number of anilines is 1. The summed E-state index contributed by atoms with van der Waals surface area (Å²) in [6, 6.07) is 21.4. The van der Waals surface area contributed by atoms with Crippen LogP contribution in [0.25, 0.3) is 11.1 Å². The van der Waals surface area contributed by atoms with Gasteiger partial charge in [0.05, 0.1) is 0 Å². The van der Waals surface area contributed by atoms with Gasteiger partial charge in [-0.3, -0.25) is 14.9 Å². The van der Waals surface area contributed by atoms with Crippen LogP contribution in [0.2, 0.25) is 0 Å². The first-order valence-electron chi connectivity index (χ1n) is 11.7. The van der Waals surface area contributed by atoms with Crippen molar-refractivity contribution in [2.24, 2.45) is 0 Å². The molecule has 0 atom stereocenters. The largest absolute Gasteiger partial charge is 0.481 e. The van der Waals surface area contributed by atoms with Crippen LogP contribution in [-0.2, 0) is 9.53 Å². The summed E-state index contributed by atoms with van der Waals surface area (Å²) in [5.41, 5.74) is 6.31. The van der Waals surface area contributed by atoms with Gasteiger partial charge in [-0.2, -0.15) is 0 Å². The molecule has 7 nitrogen and oxygen atoms in total. The highest BCUT2D eigenvalue weighted by atomic mass is 16.5. The average molecular weight is 473 g/mol. The van der Waals surface area contributed by atoms with Gasteiger partial charge in [0.15, 0.2) is 0 Å². The molecule has 0 saturated carbocycles. The molecule has 35 heavy (non-hydrogen) atoms. The molecule has 0 spiro atoms. The van der Waals surface area contributed by atoms with Crippen molar-refractivity contribution in [2.75, 3.05) is 18.5 Å². The number of carbonyl (C=O) groups is 3. The summed E-state index contributed by atoms with van der Waals surface area (Å²) in [7, 11) is 0. The first-order valence-corrected chi connectivity index (χ1v) is 11.7. The normalized spacial score (nSPS) is 11.9. The van der Waals surface area contributed by atoms with E-state index >= 15 is 0 Å². The van der Waals surface area contributed by atoms with E-state index in [9.17, 15) is 14.4 Å². The van der Waals surface area contributed by atoms with Crippen LogP contribution < -0.4 is 10.6 Å². The van der Waals surface area contributed by atoms with Gasteiger partial charge in [0.25, 0.3) is 5.91 Å². The van der Waals surface area contributed by atoms with Gasteiger partial charge in [-0.25, -0.2) is 4.79 Å². The summed E-state index contributed by atoms with van der Waals surface area (Å²) in [6.07, 6.45) is 0.572. The fourth-order valence-corrected chi connectivity index (χ4v) is 4.35. The first kappa shape index (κ1) is 24.0. The van der Waals surface area contributed by atoms with Gasteiger partial charge in [0.2, 0.25) is 0 Å². The van der Waals surface area contributed by atoms with Crippen molar-refractivity contribution in [3.05, 3.63) is 89.0 Å². The number of aliphatic carboxylic acids is 1. The fourth-order valence-electron chi connectivity index (χ4n) is 4.35. The Morgan fingerprint density at radius 2 is 1.57 bits per heavy atom. The number of rotatable bonds is 9. The Morgan fingerprint density at radius 3 is 2.23 bits per heavy atom. The summed E-state index contributed by atoms with van der Waals surface area (Å²) in [6.45, 7) is 2.43. The lowest BCUT2D eigenvalue weighted by Gasteiger charge is -2.15.